The van der Waals surface area contributed by atoms with Crippen molar-refractivity contribution in [1.29, 1.82) is 0 Å². The maximum Gasteiger partial charge on any atom is 0.255 e. The Balaban J connectivity index is 0.00000261. The van der Waals surface area contributed by atoms with Crippen molar-refractivity contribution >= 4 is 17.4 Å². The van der Waals surface area contributed by atoms with Crippen molar-refractivity contribution in [3.05, 3.63) is 95.3 Å². The first-order chi connectivity index (χ1) is 12.5. The number of carbonyl (C=O) groups excluding carboxylic acids is 2. The summed E-state index contributed by atoms with van der Waals surface area (Å²) in [5, 5.41) is 2.83. The summed E-state index contributed by atoms with van der Waals surface area (Å²) in [4.78, 5) is 24.6. The third kappa shape index (κ3) is 5.59. The Morgan fingerprint density at radius 3 is 2.04 bits per heavy atom. The molecule has 4 nitrogen and oxygen atoms in total. The average molecular weight is 425 g/mol. The molecule has 0 saturated carbocycles. The van der Waals surface area contributed by atoms with Crippen molar-refractivity contribution in [3.8, 4) is 0 Å². The van der Waals surface area contributed by atoms with Gasteiger partial charge in [-0.3, -0.25) is 9.59 Å². The van der Waals surface area contributed by atoms with Crippen molar-refractivity contribution in [2.24, 2.45) is 0 Å². The monoisotopic (exact) mass is 424 g/mol. The third-order valence-corrected chi connectivity index (χ3v) is 4.02. The Morgan fingerprint density at radius 2 is 1.44 bits per heavy atom. The van der Waals surface area contributed by atoms with Crippen LogP contribution in [0.15, 0.2) is 73.1 Å². The summed E-state index contributed by atoms with van der Waals surface area (Å²) >= 11 is 0. The van der Waals surface area contributed by atoms with Crippen LogP contribution in [0.2, 0.25) is 0 Å². The van der Waals surface area contributed by atoms with Gasteiger partial charge in [-0.15, -0.1) is 0 Å². The predicted molar refractivity (Wildman–Crippen MR) is 101 cm³/mol. The Kier molecular flexibility index (Phi) is 7.02. The Hall–Kier alpha value is -2.79. The van der Waals surface area contributed by atoms with Crippen molar-refractivity contribution in [2.75, 3.05) is 5.32 Å². The van der Waals surface area contributed by atoms with Crippen molar-refractivity contribution in [1.82, 2.24) is 0 Å². The lowest BCUT2D eigenvalue weighted by Crippen LogP contribution is -3.00. The number of nitrogens with one attached hydrogen (secondary N) is 1. The topological polar surface area (TPSA) is 50.0 Å². The average Bonchev–Trinajstić information content (AvgIpc) is 2.62. The minimum Gasteiger partial charge on any atom is -1.00 e. The van der Waals surface area contributed by atoms with Crippen LogP contribution in [-0.4, -0.2) is 11.7 Å². The highest BCUT2D eigenvalue weighted by atomic mass is 79.9. The van der Waals surface area contributed by atoms with Crippen molar-refractivity contribution < 1.29 is 31.1 Å². The van der Waals surface area contributed by atoms with Crippen LogP contribution in [0.25, 0.3) is 0 Å². The molecule has 0 aliphatic heterocycles. The van der Waals surface area contributed by atoms with Gasteiger partial charge < -0.3 is 22.3 Å². The molecular weight excluding hydrogens is 404 g/mol. The summed E-state index contributed by atoms with van der Waals surface area (Å²) < 4.78 is 1.90. The van der Waals surface area contributed by atoms with Gasteiger partial charge in [-0.2, -0.15) is 4.57 Å². The van der Waals surface area contributed by atoms with E-state index in [2.05, 4.69) is 11.4 Å². The number of amides is 1. The van der Waals surface area contributed by atoms with Gasteiger partial charge in [0.25, 0.3) is 5.91 Å². The molecule has 0 unspecified atom stereocenters. The van der Waals surface area contributed by atoms with Crippen LogP contribution in [0.1, 0.15) is 31.8 Å². The number of rotatable bonds is 5. The molecule has 1 heterocycles. The molecule has 0 spiro atoms. The van der Waals surface area contributed by atoms with E-state index in [1.165, 1.54) is 0 Å². The lowest BCUT2D eigenvalue weighted by molar-refractivity contribution is -0.683. The van der Waals surface area contributed by atoms with Crippen molar-refractivity contribution in [3.63, 3.8) is 0 Å². The van der Waals surface area contributed by atoms with E-state index in [1.807, 2.05) is 49.0 Å². The lowest BCUT2D eigenvalue weighted by Gasteiger charge is -2.06. The van der Waals surface area contributed by atoms with Gasteiger partial charge in [-0.05, 0) is 56.3 Å². The molecule has 1 N–H and O–H groups in total. The second-order valence-electron chi connectivity index (χ2n) is 6.38. The standard InChI is InChI=1S/C22H20N2O2.BrH/c1-16-12-17(2)14-24(13-16)15-21(25)18-8-10-20(11-9-18)23-22(26)19-6-4-3-5-7-19;/h3-14H,15H2,1-2H3;1H. The van der Waals surface area contributed by atoms with E-state index in [9.17, 15) is 9.59 Å². The van der Waals surface area contributed by atoms with Crippen LogP contribution >= 0.6 is 0 Å². The number of hydrogen-bond acceptors (Lipinski definition) is 2. The number of carbonyl (C=O) groups is 2. The number of benzene rings is 2. The number of ketones is 1. The van der Waals surface area contributed by atoms with Gasteiger partial charge in [-0.25, -0.2) is 0 Å². The molecule has 0 aliphatic rings. The van der Waals surface area contributed by atoms with E-state index in [-0.39, 0.29) is 35.2 Å². The highest BCUT2D eigenvalue weighted by molar-refractivity contribution is 6.04. The number of halogens is 1. The summed E-state index contributed by atoms with van der Waals surface area (Å²) in [7, 11) is 0. The number of nitrogens with zero attached hydrogens (tertiary/aromatic N) is 1. The van der Waals surface area contributed by atoms with Gasteiger partial charge in [0.15, 0.2) is 12.4 Å². The number of pyridine rings is 1. The Morgan fingerprint density at radius 1 is 0.852 bits per heavy atom. The maximum absolute atomic E-state index is 12.5. The summed E-state index contributed by atoms with van der Waals surface area (Å²) in [5.74, 6) is -0.142. The fourth-order valence-electron chi connectivity index (χ4n) is 2.87. The quantitative estimate of drug-likeness (QED) is 0.484. The molecule has 5 heteroatoms. The van der Waals surface area contributed by atoms with Crippen LogP contribution in [0, 0.1) is 13.8 Å². The minimum atomic E-state index is -0.171. The normalized spacial score (nSPS) is 10.0. The van der Waals surface area contributed by atoms with E-state index in [0.29, 0.717) is 16.8 Å². The molecule has 3 rings (SSSR count). The third-order valence-electron chi connectivity index (χ3n) is 4.02. The molecule has 0 aliphatic carbocycles. The fourth-order valence-corrected chi connectivity index (χ4v) is 2.87. The van der Waals surface area contributed by atoms with E-state index in [0.717, 1.165) is 11.1 Å². The second kappa shape index (κ2) is 9.24. The fraction of sp³-hybridized carbons (Fsp3) is 0.136. The number of aromatic nitrogens is 1. The molecule has 0 bridgehead atoms. The first-order valence-electron chi connectivity index (χ1n) is 8.48. The molecule has 138 valence electrons. The largest absolute Gasteiger partial charge is 1.00 e. The maximum atomic E-state index is 12.5. The predicted octanol–water partition coefficient (Wildman–Crippen LogP) is 0.730. The number of aryl methyl sites for hydroxylation is 2. The van der Waals surface area contributed by atoms with Gasteiger partial charge in [0.2, 0.25) is 12.3 Å². The molecule has 27 heavy (non-hydrogen) atoms. The molecule has 0 radical (unpaired) electrons. The molecule has 2 aromatic carbocycles. The van der Waals surface area contributed by atoms with Crippen LogP contribution in [-0.2, 0) is 6.54 Å². The van der Waals surface area contributed by atoms with Crippen molar-refractivity contribution in [2.45, 2.75) is 20.4 Å². The SMILES string of the molecule is Cc1cc(C)c[n+](CC(=O)c2ccc(NC(=O)c3ccccc3)cc2)c1.[Br-]. The van der Waals surface area contributed by atoms with Crippen LogP contribution in [0.5, 0.6) is 0 Å². The smallest absolute Gasteiger partial charge is 0.255 e. The highest BCUT2D eigenvalue weighted by Crippen LogP contribution is 2.12. The van der Waals surface area contributed by atoms with E-state index in [1.54, 1.807) is 36.4 Å². The number of hydrogen-bond donors (Lipinski definition) is 1. The lowest BCUT2D eigenvalue weighted by atomic mass is 10.1. The second-order valence-corrected chi connectivity index (χ2v) is 6.38. The van der Waals surface area contributed by atoms with Gasteiger partial charge in [0.05, 0.1) is 0 Å². The first kappa shape index (κ1) is 20.5. The van der Waals surface area contributed by atoms with Crippen LogP contribution < -0.4 is 26.9 Å². The van der Waals surface area contributed by atoms with Gasteiger partial charge in [0.1, 0.15) is 0 Å². The van der Waals surface area contributed by atoms with Gasteiger partial charge in [-0.1, -0.05) is 18.2 Å². The zero-order chi connectivity index (χ0) is 18.5. The zero-order valence-electron chi connectivity index (χ0n) is 15.3. The molecule has 1 aromatic heterocycles. The van der Waals surface area contributed by atoms with Gasteiger partial charge in [0, 0.05) is 27.9 Å². The summed E-state index contributed by atoms with van der Waals surface area (Å²) in [6.45, 7) is 4.31. The molecule has 0 saturated heterocycles. The van der Waals surface area contributed by atoms with Crippen LogP contribution in [0.3, 0.4) is 0 Å². The summed E-state index contributed by atoms with van der Waals surface area (Å²) in [5.41, 5.74) is 4.12. The first-order valence-corrected chi connectivity index (χ1v) is 8.48. The zero-order valence-corrected chi connectivity index (χ0v) is 16.9. The molecule has 0 atom stereocenters. The number of anilines is 1. The summed E-state index contributed by atoms with van der Waals surface area (Å²) in [6, 6.07) is 18.1. The highest BCUT2D eigenvalue weighted by Gasteiger charge is 2.13. The number of Topliss-reactive ketones (excluding diaryl/α,β-unsaturated/α-hetero) is 1. The van der Waals surface area contributed by atoms with E-state index < -0.39 is 0 Å². The Bertz CT molecular complexity index is 918. The van der Waals surface area contributed by atoms with E-state index in [4.69, 9.17) is 0 Å². The van der Waals surface area contributed by atoms with E-state index >= 15 is 0 Å². The molecular formula is C22H21BrN2O2. The Labute approximate surface area is 169 Å². The summed E-state index contributed by atoms with van der Waals surface area (Å²) in [6.07, 6.45) is 3.92. The van der Waals surface area contributed by atoms with Gasteiger partial charge >= 0.3 is 0 Å². The molecule has 3 aromatic rings. The molecule has 0 fully saturated rings. The van der Waals surface area contributed by atoms with Crippen LogP contribution in [0.4, 0.5) is 5.69 Å². The minimum absolute atomic E-state index is 0. The molecule has 1 amide bonds.